The minimum atomic E-state index is -0.564. The van der Waals surface area contributed by atoms with Gasteiger partial charge in [-0.2, -0.15) is 0 Å². The van der Waals surface area contributed by atoms with Crippen molar-refractivity contribution in [3.63, 3.8) is 0 Å². The number of rotatable bonds is 11. The Morgan fingerprint density at radius 2 is 1.41 bits per heavy atom. The topological polar surface area (TPSA) is 111 Å². The van der Waals surface area contributed by atoms with Gasteiger partial charge in [-0.3, -0.25) is 14.4 Å². The Kier molecular flexibility index (Phi) is 10.4. The number of hydrogen-bond acceptors (Lipinski definition) is 6. The Bertz CT molecular complexity index is 929. The summed E-state index contributed by atoms with van der Waals surface area (Å²) in [6, 6.07) is 13.4. The molecule has 2 aromatic carbocycles. The number of ether oxygens (including phenoxy) is 2. The van der Waals surface area contributed by atoms with Gasteiger partial charge in [0.25, 0.3) is 5.91 Å². The maximum atomic E-state index is 11.9. The van der Waals surface area contributed by atoms with E-state index < -0.39 is 24.5 Å². The summed E-state index contributed by atoms with van der Waals surface area (Å²) in [5.41, 5.74) is 1.51. The standard InChI is InChI=1S/C23H25BrN2O6/c1-2-14-31-23(30)16-6-10-18(11-7-16)26-21(28)15-32-22(29)5-3-4-20(27)25-19-12-8-17(24)9-13-19/h6-13H,2-5,14-15H2,1H3,(H,25,27)(H,26,28). The van der Waals surface area contributed by atoms with E-state index in [1.54, 1.807) is 36.4 Å². The molecular formula is C23H25BrN2O6. The molecular weight excluding hydrogens is 480 g/mol. The number of carbonyl (C=O) groups is 4. The Balaban J connectivity index is 1.64. The van der Waals surface area contributed by atoms with Gasteiger partial charge < -0.3 is 20.1 Å². The van der Waals surface area contributed by atoms with E-state index in [1.165, 1.54) is 0 Å². The summed E-state index contributed by atoms with van der Waals surface area (Å²) < 4.78 is 10.9. The molecule has 0 heterocycles. The second-order valence-electron chi connectivity index (χ2n) is 6.83. The van der Waals surface area contributed by atoms with Crippen LogP contribution < -0.4 is 10.6 Å². The van der Waals surface area contributed by atoms with Gasteiger partial charge >= 0.3 is 11.9 Å². The normalized spacial score (nSPS) is 10.2. The lowest BCUT2D eigenvalue weighted by Crippen LogP contribution is -2.21. The lowest BCUT2D eigenvalue weighted by Gasteiger charge is -2.08. The van der Waals surface area contributed by atoms with Crippen LogP contribution in [0.15, 0.2) is 53.0 Å². The lowest BCUT2D eigenvalue weighted by atomic mass is 10.2. The first-order chi connectivity index (χ1) is 15.4. The summed E-state index contributed by atoms with van der Waals surface area (Å²) >= 11 is 3.32. The Morgan fingerprint density at radius 3 is 2.03 bits per heavy atom. The van der Waals surface area contributed by atoms with Gasteiger partial charge in [0.1, 0.15) is 0 Å². The number of esters is 2. The van der Waals surface area contributed by atoms with Gasteiger partial charge in [0.15, 0.2) is 6.61 Å². The highest BCUT2D eigenvalue weighted by Crippen LogP contribution is 2.15. The molecule has 0 unspecified atom stereocenters. The minimum Gasteiger partial charge on any atom is -0.462 e. The molecule has 0 atom stereocenters. The van der Waals surface area contributed by atoms with Crippen molar-refractivity contribution < 1.29 is 28.7 Å². The van der Waals surface area contributed by atoms with Crippen LogP contribution in [-0.2, 0) is 23.9 Å². The van der Waals surface area contributed by atoms with Crippen molar-refractivity contribution in [3.05, 3.63) is 58.6 Å². The summed E-state index contributed by atoms with van der Waals surface area (Å²) in [5, 5.41) is 5.31. The predicted octanol–water partition coefficient (Wildman–Crippen LogP) is 4.31. The maximum absolute atomic E-state index is 11.9. The first kappa shape index (κ1) is 25.1. The van der Waals surface area contributed by atoms with Gasteiger partial charge in [-0.1, -0.05) is 22.9 Å². The molecule has 8 nitrogen and oxygen atoms in total. The fourth-order valence-electron chi connectivity index (χ4n) is 2.53. The summed E-state index contributed by atoms with van der Waals surface area (Å²) in [7, 11) is 0. The van der Waals surface area contributed by atoms with E-state index in [9.17, 15) is 19.2 Å². The lowest BCUT2D eigenvalue weighted by molar-refractivity contribution is -0.147. The van der Waals surface area contributed by atoms with Crippen molar-refractivity contribution in [1.82, 2.24) is 0 Å². The van der Waals surface area contributed by atoms with Crippen LogP contribution in [0.4, 0.5) is 11.4 Å². The van der Waals surface area contributed by atoms with Crippen LogP contribution in [0.3, 0.4) is 0 Å². The summed E-state index contributed by atoms with van der Waals surface area (Å²) in [6.45, 7) is 1.81. The van der Waals surface area contributed by atoms with Crippen LogP contribution in [0.25, 0.3) is 0 Å². The highest BCUT2D eigenvalue weighted by molar-refractivity contribution is 9.10. The molecule has 0 aliphatic heterocycles. The van der Waals surface area contributed by atoms with Crippen molar-refractivity contribution in [2.75, 3.05) is 23.8 Å². The Hall–Kier alpha value is -3.20. The number of amides is 2. The number of hydrogen-bond donors (Lipinski definition) is 2. The molecule has 2 amide bonds. The molecule has 0 radical (unpaired) electrons. The van der Waals surface area contributed by atoms with Gasteiger partial charge in [-0.15, -0.1) is 0 Å². The molecule has 170 valence electrons. The third-order valence-electron chi connectivity index (χ3n) is 4.12. The smallest absolute Gasteiger partial charge is 0.338 e. The molecule has 0 aliphatic rings. The van der Waals surface area contributed by atoms with Crippen molar-refractivity contribution in [2.24, 2.45) is 0 Å². The number of halogens is 1. The molecule has 0 spiro atoms. The van der Waals surface area contributed by atoms with Crippen LogP contribution in [0.2, 0.25) is 0 Å². The zero-order chi connectivity index (χ0) is 23.3. The van der Waals surface area contributed by atoms with Gasteiger partial charge in [0.05, 0.1) is 12.2 Å². The van der Waals surface area contributed by atoms with E-state index >= 15 is 0 Å². The molecule has 0 aromatic heterocycles. The molecule has 9 heteroatoms. The summed E-state index contributed by atoms with van der Waals surface area (Å²) in [6.07, 6.45) is 1.22. The van der Waals surface area contributed by atoms with Gasteiger partial charge in [-0.05, 0) is 61.4 Å². The molecule has 0 aliphatic carbocycles. The second kappa shape index (κ2) is 13.3. The van der Waals surface area contributed by atoms with Crippen LogP contribution in [0.1, 0.15) is 43.0 Å². The molecule has 0 saturated carbocycles. The van der Waals surface area contributed by atoms with E-state index in [0.717, 1.165) is 10.9 Å². The molecule has 2 N–H and O–H groups in total. The van der Waals surface area contributed by atoms with Crippen LogP contribution in [0.5, 0.6) is 0 Å². The highest BCUT2D eigenvalue weighted by Gasteiger charge is 2.11. The highest BCUT2D eigenvalue weighted by atomic mass is 79.9. The molecule has 2 rings (SSSR count). The molecule has 0 fully saturated rings. The first-order valence-corrected chi connectivity index (χ1v) is 10.9. The molecule has 0 saturated heterocycles. The first-order valence-electron chi connectivity index (χ1n) is 10.2. The van der Waals surface area contributed by atoms with Gasteiger partial charge in [-0.25, -0.2) is 4.79 Å². The van der Waals surface area contributed by atoms with Crippen molar-refractivity contribution in [3.8, 4) is 0 Å². The molecule has 32 heavy (non-hydrogen) atoms. The van der Waals surface area contributed by atoms with Gasteiger partial charge in [0, 0.05) is 28.7 Å². The van der Waals surface area contributed by atoms with Crippen LogP contribution in [-0.4, -0.2) is 37.0 Å². The number of anilines is 2. The SMILES string of the molecule is CCCOC(=O)c1ccc(NC(=O)COC(=O)CCCC(=O)Nc2ccc(Br)cc2)cc1. The van der Waals surface area contributed by atoms with E-state index in [1.807, 2.05) is 19.1 Å². The van der Waals surface area contributed by atoms with Crippen molar-refractivity contribution >= 4 is 51.1 Å². The van der Waals surface area contributed by atoms with E-state index in [0.29, 0.717) is 30.0 Å². The van der Waals surface area contributed by atoms with Crippen LogP contribution >= 0.6 is 15.9 Å². The quantitative estimate of drug-likeness (QED) is 0.441. The number of nitrogens with one attached hydrogen (secondary N) is 2. The second-order valence-corrected chi connectivity index (χ2v) is 7.75. The average molecular weight is 505 g/mol. The maximum Gasteiger partial charge on any atom is 0.338 e. The molecule has 0 bridgehead atoms. The zero-order valence-corrected chi connectivity index (χ0v) is 19.3. The summed E-state index contributed by atoms with van der Waals surface area (Å²) in [4.78, 5) is 47.4. The van der Waals surface area contributed by atoms with Crippen molar-refractivity contribution in [1.29, 1.82) is 0 Å². The van der Waals surface area contributed by atoms with E-state index in [4.69, 9.17) is 9.47 Å². The Labute approximate surface area is 194 Å². The molecule has 2 aromatic rings. The predicted molar refractivity (Wildman–Crippen MR) is 123 cm³/mol. The fraction of sp³-hybridized carbons (Fsp3) is 0.304. The average Bonchev–Trinajstić information content (AvgIpc) is 2.78. The largest absolute Gasteiger partial charge is 0.462 e. The van der Waals surface area contributed by atoms with Gasteiger partial charge in [0.2, 0.25) is 5.91 Å². The number of carbonyl (C=O) groups excluding carboxylic acids is 4. The van der Waals surface area contributed by atoms with Crippen molar-refractivity contribution in [2.45, 2.75) is 32.6 Å². The third kappa shape index (κ3) is 9.30. The van der Waals surface area contributed by atoms with E-state index in [-0.39, 0.29) is 18.7 Å². The number of benzene rings is 2. The monoisotopic (exact) mass is 504 g/mol. The zero-order valence-electron chi connectivity index (χ0n) is 17.7. The summed E-state index contributed by atoms with van der Waals surface area (Å²) in [5.74, 6) is -1.71. The Morgan fingerprint density at radius 1 is 0.812 bits per heavy atom. The third-order valence-corrected chi connectivity index (χ3v) is 4.65. The van der Waals surface area contributed by atoms with Crippen LogP contribution in [0, 0.1) is 0 Å². The fourth-order valence-corrected chi connectivity index (χ4v) is 2.80. The minimum absolute atomic E-state index is 0.0234. The van der Waals surface area contributed by atoms with E-state index in [2.05, 4.69) is 26.6 Å².